The SMILES string of the molecule is Cc1nc(C)c(C(=O)N(C)CCNc2cc(C3CCOC3)ncn2)s1. The predicted octanol–water partition coefficient (Wildman–Crippen LogP) is 2.24. The lowest BCUT2D eigenvalue weighted by atomic mass is 10.1. The van der Waals surface area contributed by atoms with E-state index in [1.165, 1.54) is 11.3 Å². The number of ether oxygens (including phenoxy) is 1. The first-order valence-electron chi connectivity index (χ1n) is 8.37. The standard InChI is InChI=1S/C17H23N5O2S/c1-11-16(25-12(2)21-11)17(23)22(3)6-5-18-15-8-14(19-10-20-15)13-4-7-24-9-13/h8,10,13H,4-7,9H2,1-3H3,(H,18,19,20). The maximum absolute atomic E-state index is 12.5. The van der Waals surface area contributed by atoms with Crippen molar-refractivity contribution in [1.29, 1.82) is 0 Å². The van der Waals surface area contributed by atoms with Crippen molar-refractivity contribution in [3.63, 3.8) is 0 Å². The Bertz CT molecular complexity index is 742. The maximum Gasteiger partial charge on any atom is 0.265 e. The zero-order valence-corrected chi connectivity index (χ0v) is 15.6. The Labute approximate surface area is 151 Å². The molecule has 25 heavy (non-hydrogen) atoms. The fourth-order valence-electron chi connectivity index (χ4n) is 2.82. The summed E-state index contributed by atoms with van der Waals surface area (Å²) in [6.07, 6.45) is 2.58. The minimum atomic E-state index is 0.0105. The van der Waals surface area contributed by atoms with Crippen molar-refractivity contribution in [3.8, 4) is 0 Å². The van der Waals surface area contributed by atoms with Gasteiger partial charge in [-0.1, -0.05) is 0 Å². The topological polar surface area (TPSA) is 80.2 Å². The van der Waals surface area contributed by atoms with E-state index in [4.69, 9.17) is 4.74 Å². The van der Waals surface area contributed by atoms with E-state index in [9.17, 15) is 4.79 Å². The first-order valence-corrected chi connectivity index (χ1v) is 9.19. The largest absolute Gasteiger partial charge is 0.381 e. The summed E-state index contributed by atoms with van der Waals surface area (Å²) in [6.45, 7) is 6.51. The van der Waals surface area contributed by atoms with E-state index in [0.29, 0.717) is 23.9 Å². The summed E-state index contributed by atoms with van der Waals surface area (Å²) in [6, 6.07) is 1.97. The minimum absolute atomic E-state index is 0.0105. The van der Waals surface area contributed by atoms with Crippen LogP contribution in [-0.2, 0) is 4.74 Å². The lowest BCUT2D eigenvalue weighted by Gasteiger charge is -2.17. The zero-order valence-electron chi connectivity index (χ0n) is 14.8. The molecule has 1 fully saturated rings. The molecule has 7 nitrogen and oxygen atoms in total. The van der Waals surface area contributed by atoms with E-state index in [1.807, 2.05) is 19.9 Å². The average Bonchev–Trinajstić information content (AvgIpc) is 3.24. The fourth-order valence-corrected chi connectivity index (χ4v) is 3.73. The van der Waals surface area contributed by atoms with Crippen molar-refractivity contribution >= 4 is 23.1 Å². The van der Waals surface area contributed by atoms with Crippen LogP contribution in [-0.4, -0.2) is 59.1 Å². The van der Waals surface area contributed by atoms with Gasteiger partial charge in [0.2, 0.25) is 0 Å². The fraction of sp³-hybridized carbons (Fsp3) is 0.529. The summed E-state index contributed by atoms with van der Waals surface area (Å²) in [7, 11) is 1.81. The van der Waals surface area contributed by atoms with Crippen LogP contribution in [0.2, 0.25) is 0 Å². The van der Waals surface area contributed by atoms with Gasteiger partial charge in [-0.15, -0.1) is 11.3 Å². The highest BCUT2D eigenvalue weighted by Crippen LogP contribution is 2.24. The van der Waals surface area contributed by atoms with Crippen molar-refractivity contribution in [1.82, 2.24) is 19.9 Å². The molecule has 1 saturated heterocycles. The first kappa shape index (κ1) is 17.8. The lowest BCUT2D eigenvalue weighted by Crippen LogP contribution is -2.31. The van der Waals surface area contributed by atoms with Gasteiger partial charge in [-0.05, 0) is 20.3 Å². The number of likely N-dealkylation sites (N-methyl/N-ethyl adjacent to an activating group) is 1. The summed E-state index contributed by atoms with van der Waals surface area (Å²) in [5.74, 6) is 1.14. The number of nitrogens with one attached hydrogen (secondary N) is 1. The van der Waals surface area contributed by atoms with Crippen LogP contribution >= 0.6 is 11.3 Å². The molecular formula is C17H23N5O2S. The molecule has 0 spiro atoms. The van der Waals surface area contributed by atoms with Gasteiger partial charge in [0.15, 0.2) is 0 Å². The molecule has 0 bridgehead atoms. The molecule has 2 aromatic heterocycles. The Kier molecular flexibility index (Phi) is 5.60. The molecule has 0 aromatic carbocycles. The highest BCUT2D eigenvalue weighted by atomic mass is 32.1. The molecule has 134 valence electrons. The Morgan fingerprint density at radius 2 is 2.28 bits per heavy atom. The summed E-state index contributed by atoms with van der Waals surface area (Å²) in [5, 5.41) is 4.18. The molecule has 3 rings (SSSR count). The quantitative estimate of drug-likeness (QED) is 0.850. The molecule has 2 aromatic rings. The zero-order chi connectivity index (χ0) is 17.8. The van der Waals surface area contributed by atoms with Gasteiger partial charge in [-0.25, -0.2) is 15.0 Å². The molecule has 1 N–H and O–H groups in total. The molecule has 1 atom stereocenters. The van der Waals surface area contributed by atoms with Crippen LogP contribution in [0.1, 0.15) is 38.4 Å². The van der Waals surface area contributed by atoms with Crippen molar-refractivity contribution in [3.05, 3.63) is 33.7 Å². The normalized spacial score (nSPS) is 16.8. The van der Waals surface area contributed by atoms with Gasteiger partial charge in [0.05, 0.1) is 23.0 Å². The number of hydrogen-bond donors (Lipinski definition) is 1. The van der Waals surface area contributed by atoms with Crippen molar-refractivity contribution in [2.75, 3.05) is 38.7 Å². The monoisotopic (exact) mass is 361 g/mol. The number of carbonyl (C=O) groups excluding carboxylic acids is 1. The number of anilines is 1. The summed E-state index contributed by atoms with van der Waals surface area (Å²) < 4.78 is 5.41. The Balaban J connectivity index is 1.53. The van der Waals surface area contributed by atoms with Gasteiger partial charge in [-0.2, -0.15) is 0 Å². The van der Waals surface area contributed by atoms with E-state index in [-0.39, 0.29) is 5.91 Å². The number of hydrogen-bond acceptors (Lipinski definition) is 7. The van der Waals surface area contributed by atoms with Crippen LogP contribution in [0, 0.1) is 13.8 Å². The van der Waals surface area contributed by atoms with Gasteiger partial charge >= 0.3 is 0 Å². The van der Waals surface area contributed by atoms with Crippen LogP contribution < -0.4 is 5.32 Å². The molecule has 3 heterocycles. The highest BCUT2D eigenvalue weighted by Gasteiger charge is 2.20. The van der Waals surface area contributed by atoms with E-state index < -0.39 is 0 Å². The number of aromatic nitrogens is 3. The number of thiazole rings is 1. The summed E-state index contributed by atoms with van der Waals surface area (Å²) in [4.78, 5) is 27.8. The van der Waals surface area contributed by atoms with Crippen LogP contribution in [0.5, 0.6) is 0 Å². The molecule has 0 radical (unpaired) electrons. The second-order valence-electron chi connectivity index (χ2n) is 6.19. The van der Waals surface area contributed by atoms with E-state index >= 15 is 0 Å². The number of nitrogens with zero attached hydrogens (tertiary/aromatic N) is 4. The predicted molar refractivity (Wildman–Crippen MR) is 97.2 cm³/mol. The van der Waals surface area contributed by atoms with Crippen LogP contribution in [0.4, 0.5) is 5.82 Å². The third kappa shape index (κ3) is 4.32. The minimum Gasteiger partial charge on any atom is -0.381 e. The average molecular weight is 361 g/mol. The number of carbonyl (C=O) groups is 1. The molecule has 0 saturated carbocycles. The highest BCUT2D eigenvalue weighted by molar-refractivity contribution is 7.13. The molecular weight excluding hydrogens is 338 g/mol. The van der Waals surface area contributed by atoms with E-state index in [2.05, 4.69) is 20.3 Å². The Morgan fingerprint density at radius 3 is 2.96 bits per heavy atom. The van der Waals surface area contributed by atoms with Crippen molar-refractivity contribution in [2.24, 2.45) is 0 Å². The van der Waals surface area contributed by atoms with Crippen molar-refractivity contribution in [2.45, 2.75) is 26.2 Å². The number of amides is 1. The van der Waals surface area contributed by atoms with E-state index in [0.717, 1.165) is 41.8 Å². The van der Waals surface area contributed by atoms with Gasteiger partial charge in [0.1, 0.15) is 17.0 Å². The van der Waals surface area contributed by atoms with Gasteiger partial charge < -0.3 is 15.0 Å². The van der Waals surface area contributed by atoms with Crippen LogP contribution in [0.15, 0.2) is 12.4 Å². The van der Waals surface area contributed by atoms with Gasteiger partial charge in [0, 0.05) is 38.7 Å². The summed E-state index contributed by atoms with van der Waals surface area (Å²) >= 11 is 1.44. The Hall–Kier alpha value is -2.06. The van der Waals surface area contributed by atoms with Crippen molar-refractivity contribution < 1.29 is 9.53 Å². The second-order valence-corrected chi connectivity index (χ2v) is 7.39. The number of aryl methyl sites for hydroxylation is 2. The Morgan fingerprint density at radius 1 is 1.44 bits per heavy atom. The van der Waals surface area contributed by atoms with E-state index in [1.54, 1.807) is 18.3 Å². The maximum atomic E-state index is 12.5. The summed E-state index contributed by atoms with van der Waals surface area (Å²) in [5.41, 5.74) is 1.81. The number of rotatable bonds is 6. The molecule has 1 aliphatic heterocycles. The molecule has 0 aliphatic carbocycles. The third-order valence-electron chi connectivity index (χ3n) is 4.23. The van der Waals surface area contributed by atoms with Crippen LogP contribution in [0.3, 0.4) is 0 Å². The molecule has 1 amide bonds. The molecule has 8 heteroatoms. The molecule has 1 aliphatic rings. The molecule has 1 unspecified atom stereocenters. The lowest BCUT2D eigenvalue weighted by molar-refractivity contribution is 0.0804. The smallest absolute Gasteiger partial charge is 0.265 e. The van der Waals surface area contributed by atoms with Gasteiger partial charge in [0.25, 0.3) is 5.91 Å². The first-order chi connectivity index (χ1) is 12.0. The van der Waals surface area contributed by atoms with Crippen LogP contribution in [0.25, 0.3) is 0 Å². The van der Waals surface area contributed by atoms with Gasteiger partial charge in [-0.3, -0.25) is 4.79 Å². The second kappa shape index (κ2) is 7.88. The third-order valence-corrected chi connectivity index (χ3v) is 5.29.